The topological polar surface area (TPSA) is 60.2 Å². The van der Waals surface area contributed by atoms with Gasteiger partial charge in [-0.1, -0.05) is 35.9 Å². The van der Waals surface area contributed by atoms with E-state index < -0.39 is 5.91 Å². The fourth-order valence-electron chi connectivity index (χ4n) is 1.81. The second kappa shape index (κ2) is 5.24. The first kappa shape index (κ1) is 13.3. The lowest BCUT2D eigenvalue weighted by Gasteiger charge is -2.06. The van der Waals surface area contributed by atoms with Crippen LogP contribution in [0, 0.1) is 0 Å². The molecule has 0 aromatic heterocycles. The van der Waals surface area contributed by atoms with Crippen molar-refractivity contribution in [2.24, 2.45) is 5.73 Å². The zero-order valence-electron chi connectivity index (χ0n) is 10.3. The van der Waals surface area contributed by atoms with Gasteiger partial charge in [0.2, 0.25) is 5.91 Å². The Morgan fingerprint density at radius 3 is 2.32 bits per heavy atom. The first-order valence-corrected chi connectivity index (χ1v) is 6.07. The van der Waals surface area contributed by atoms with Crippen LogP contribution in [0.25, 0.3) is 11.1 Å². The van der Waals surface area contributed by atoms with E-state index in [9.17, 15) is 9.59 Å². The highest BCUT2D eigenvalue weighted by Crippen LogP contribution is 2.26. The van der Waals surface area contributed by atoms with Crippen molar-refractivity contribution in [1.29, 1.82) is 0 Å². The fourth-order valence-corrected chi connectivity index (χ4v) is 2.09. The van der Waals surface area contributed by atoms with Crippen LogP contribution in [0.3, 0.4) is 0 Å². The van der Waals surface area contributed by atoms with Crippen molar-refractivity contribution in [2.75, 3.05) is 0 Å². The van der Waals surface area contributed by atoms with Crippen LogP contribution in [0.2, 0.25) is 5.02 Å². The number of nitrogens with two attached hydrogens (primary N) is 1. The second-order valence-electron chi connectivity index (χ2n) is 4.20. The molecule has 2 rings (SSSR count). The van der Waals surface area contributed by atoms with Crippen molar-refractivity contribution < 1.29 is 9.59 Å². The quantitative estimate of drug-likeness (QED) is 0.872. The second-order valence-corrected chi connectivity index (χ2v) is 4.60. The molecule has 4 heteroatoms. The van der Waals surface area contributed by atoms with Crippen LogP contribution in [0.15, 0.2) is 42.5 Å². The highest BCUT2D eigenvalue weighted by molar-refractivity contribution is 6.34. The van der Waals surface area contributed by atoms with Gasteiger partial charge in [0.1, 0.15) is 0 Å². The van der Waals surface area contributed by atoms with Crippen LogP contribution in [0.1, 0.15) is 27.6 Å². The average Bonchev–Trinajstić information content (AvgIpc) is 2.38. The lowest BCUT2D eigenvalue weighted by atomic mass is 10.0. The predicted molar refractivity (Wildman–Crippen MR) is 75.4 cm³/mol. The summed E-state index contributed by atoms with van der Waals surface area (Å²) in [6.07, 6.45) is 0. The maximum Gasteiger partial charge on any atom is 0.250 e. The minimum Gasteiger partial charge on any atom is -0.366 e. The summed E-state index contributed by atoms with van der Waals surface area (Å²) >= 11 is 6.01. The van der Waals surface area contributed by atoms with Crippen LogP contribution in [0.5, 0.6) is 0 Å². The molecule has 96 valence electrons. The Hall–Kier alpha value is -2.13. The number of hydrogen-bond acceptors (Lipinski definition) is 2. The summed E-state index contributed by atoms with van der Waals surface area (Å²) in [5.74, 6) is -0.560. The molecule has 0 saturated heterocycles. The van der Waals surface area contributed by atoms with Crippen LogP contribution in [-0.4, -0.2) is 11.7 Å². The number of amides is 1. The summed E-state index contributed by atoms with van der Waals surface area (Å²) in [7, 11) is 0. The van der Waals surface area contributed by atoms with Gasteiger partial charge >= 0.3 is 0 Å². The van der Waals surface area contributed by atoms with E-state index in [1.807, 2.05) is 12.1 Å². The molecule has 0 radical (unpaired) electrons. The number of carbonyl (C=O) groups is 2. The summed E-state index contributed by atoms with van der Waals surface area (Å²) in [6.45, 7) is 1.52. The minimum atomic E-state index is -0.561. The lowest BCUT2D eigenvalue weighted by molar-refractivity contribution is 0.0996. The summed E-state index contributed by atoms with van der Waals surface area (Å²) in [5, 5.41) is 0.304. The summed E-state index contributed by atoms with van der Waals surface area (Å²) in [6, 6.07) is 12.2. The van der Waals surface area contributed by atoms with Gasteiger partial charge < -0.3 is 5.73 Å². The molecule has 19 heavy (non-hydrogen) atoms. The summed E-state index contributed by atoms with van der Waals surface area (Å²) in [5.41, 5.74) is 7.81. The predicted octanol–water partition coefficient (Wildman–Crippen LogP) is 3.31. The van der Waals surface area contributed by atoms with Crippen molar-refractivity contribution in [2.45, 2.75) is 6.92 Å². The first-order valence-electron chi connectivity index (χ1n) is 5.70. The highest BCUT2D eigenvalue weighted by Gasteiger charge is 2.09. The molecule has 0 heterocycles. The van der Waals surface area contributed by atoms with Gasteiger partial charge in [-0.25, -0.2) is 0 Å². The number of hydrogen-bond donors (Lipinski definition) is 1. The van der Waals surface area contributed by atoms with E-state index in [1.54, 1.807) is 30.3 Å². The SMILES string of the molecule is CC(=O)c1cccc(-c2ccc(C(N)=O)c(Cl)c2)c1. The Bertz CT molecular complexity index is 665. The molecule has 2 aromatic carbocycles. The third-order valence-corrected chi connectivity index (χ3v) is 3.15. The number of rotatable bonds is 3. The molecule has 0 fully saturated rings. The van der Waals surface area contributed by atoms with Gasteiger partial charge in [0.15, 0.2) is 5.78 Å². The van der Waals surface area contributed by atoms with Crippen LogP contribution >= 0.6 is 11.6 Å². The molecule has 0 aliphatic carbocycles. The van der Waals surface area contributed by atoms with Gasteiger partial charge in [0, 0.05) is 5.56 Å². The molecule has 0 aliphatic rings. The summed E-state index contributed by atoms with van der Waals surface area (Å²) < 4.78 is 0. The molecular weight excluding hydrogens is 262 g/mol. The smallest absolute Gasteiger partial charge is 0.250 e. The van der Waals surface area contributed by atoms with Gasteiger partial charge in [-0.2, -0.15) is 0 Å². The Morgan fingerprint density at radius 2 is 1.74 bits per heavy atom. The van der Waals surface area contributed by atoms with E-state index in [2.05, 4.69) is 0 Å². The van der Waals surface area contributed by atoms with Crippen molar-refractivity contribution in [3.8, 4) is 11.1 Å². The molecule has 0 unspecified atom stereocenters. The Balaban J connectivity index is 2.48. The van der Waals surface area contributed by atoms with Crippen molar-refractivity contribution in [3.05, 3.63) is 58.6 Å². The molecule has 2 aromatic rings. The monoisotopic (exact) mass is 273 g/mol. The average molecular weight is 274 g/mol. The van der Waals surface area contributed by atoms with Gasteiger partial charge in [-0.15, -0.1) is 0 Å². The third kappa shape index (κ3) is 2.83. The van der Waals surface area contributed by atoms with Gasteiger partial charge in [0.25, 0.3) is 0 Å². The number of Topliss-reactive ketones (excluding diaryl/α,β-unsaturated/α-hetero) is 1. The zero-order valence-corrected chi connectivity index (χ0v) is 11.1. The highest BCUT2D eigenvalue weighted by atomic mass is 35.5. The number of primary amides is 1. The lowest BCUT2D eigenvalue weighted by Crippen LogP contribution is -2.11. The maximum absolute atomic E-state index is 11.4. The molecule has 0 spiro atoms. The number of ketones is 1. The molecule has 1 amide bonds. The van der Waals surface area contributed by atoms with Crippen LogP contribution < -0.4 is 5.73 Å². The maximum atomic E-state index is 11.4. The molecule has 3 nitrogen and oxygen atoms in total. The van der Waals surface area contributed by atoms with Gasteiger partial charge in [0.05, 0.1) is 10.6 Å². The Labute approximate surface area is 116 Å². The van der Waals surface area contributed by atoms with Gasteiger partial charge in [-0.3, -0.25) is 9.59 Å². The standard InChI is InChI=1S/C15H12ClNO2/c1-9(18)10-3-2-4-11(7-10)12-5-6-13(15(17)19)14(16)8-12/h2-8H,1H3,(H2,17,19). The number of halogens is 1. The Kier molecular flexibility index (Phi) is 3.67. The molecule has 0 aliphatic heterocycles. The van der Waals surface area contributed by atoms with E-state index in [4.69, 9.17) is 17.3 Å². The molecule has 0 bridgehead atoms. The van der Waals surface area contributed by atoms with Gasteiger partial charge in [-0.05, 0) is 36.2 Å². The Morgan fingerprint density at radius 1 is 1.05 bits per heavy atom. The first-order chi connectivity index (χ1) is 8.99. The molecule has 0 atom stereocenters. The van der Waals surface area contributed by atoms with E-state index >= 15 is 0 Å². The third-order valence-electron chi connectivity index (χ3n) is 2.84. The summed E-state index contributed by atoms with van der Waals surface area (Å²) in [4.78, 5) is 22.5. The van der Waals surface area contributed by atoms with Crippen LogP contribution in [0.4, 0.5) is 0 Å². The fraction of sp³-hybridized carbons (Fsp3) is 0.0667. The zero-order chi connectivity index (χ0) is 14.0. The van der Waals surface area contributed by atoms with E-state index in [0.717, 1.165) is 11.1 Å². The minimum absolute atomic E-state index is 0.00158. The van der Waals surface area contributed by atoms with E-state index in [-0.39, 0.29) is 11.3 Å². The number of benzene rings is 2. The normalized spacial score (nSPS) is 10.2. The van der Waals surface area contributed by atoms with Crippen molar-refractivity contribution >= 4 is 23.3 Å². The van der Waals surface area contributed by atoms with Crippen molar-refractivity contribution in [1.82, 2.24) is 0 Å². The van der Waals surface area contributed by atoms with Crippen molar-refractivity contribution in [3.63, 3.8) is 0 Å². The molecule has 2 N–H and O–H groups in total. The van der Waals surface area contributed by atoms with E-state index in [0.29, 0.717) is 10.6 Å². The van der Waals surface area contributed by atoms with E-state index in [1.165, 1.54) is 6.92 Å². The largest absolute Gasteiger partial charge is 0.366 e. The number of carbonyl (C=O) groups excluding carboxylic acids is 2. The van der Waals surface area contributed by atoms with Crippen LogP contribution in [-0.2, 0) is 0 Å². The molecular formula is C15H12ClNO2. The molecule has 0 saturated carbocycles.